The van der Waals surface area contributed by atoms with Crippen LogP contribution in [0.5, 0.6) is 5.75 Å². The van der Waals surface area contributed by atoms with Crippen molar-refractivity contribution in [2.75, 3.05) is 12.8 Å². The number of ether oxygens (including phenoxy) is 1. The molecule has 0 unspecified atom stereocenters. The van der Waals surface area contributed by atoms with Crippen LogP contribution in [-0.2, 0) is 6.54 Å². The minimum atomic E-state index is -0.0578. The lowest BCUT2D eigenvalue weighted by atomic mass is 10.1. The highest BCUT2D eigenvalue weighted by Gasteiger charge is 2.10. The third-order valence-electron chi connectivity index (χ3n) is 2.84. The predicted octanol–water partition coefficient (Wildman–Crippen LogP) is 1.80. The molecule has 0 atom stereocenters. The lowest BCUT2D eigenvalue weighted by Gasteiger charge is -2.13. The van der Waals surface area contributed by atoms with Crippen LogP contribution < -0.4 is 16.0 Å². The van der Waals surface area contributed by atoms with Crippen LogP contribution in [0.2, 0.25) is 0 Å². The van der Waals surface area contributed by atoms with Crippen LogP contribution in [0.25, 0.3) is 0 Å². The second-order valence-corrected chi connectivity index (χ2v) is 5.28. The van der Waals surface area contributed by atoms with Gasteiger partial charge in [-0.25, -0.2) is 4.98 Å². The molecule has 2 rings (SSSR count). The van der Waals surface area contributed by atoms with Crippen LogP contribution in [0, 0.1) is 10.5 Å². The maximum atomic E-state index is 12.1. The van der Waals surface area contributed by atoms with E-state index in [1.54, 1.807) is 36.9 Å². The van der Waals surface area contributed by atoms with Crippen molar-refractivity contribution in [1.29, 1.82) is 0 Å². The van der Waals surface area contributed by atoms with Gasteiger partial charge in [0.05, 0.1) is 17.2 Å². The molecule has 1 heterocycles. The molecule has 0 bridgehead atoms. The highest BCUT2D eigenvalue weighted by atomic mass is 127. The van der Waals surface area contributed by atoms with Crippen LogP contribution >= 0.6 is 22.6 Å². The molecule has 0 aliphatic heterocycles. The number of hydrogen-bond donors (Lipinski definition) is 1. The largest absolute Gasteiger partial charge is 0.496 e. The van der Waals surface area contributed by atoms with Crippen LogP contribution in [0.1, 0.15) is 11.4 Å². The molecule has 100 valence electrons. The van der Waals surface area contributed by atoms with Gasteiger partial charge in [0.2, 0.25) is 0 Å². The zero-order valence-corrected chi connectivity index (χ0v) is 12.8. The summed E-state index contributed by atoms with van der Waals surface area (Å²) in [5.41, 5.74) is 7.22. The topological polar surface area (TPSA) is 70.1 Å². The summed E-state index contributed by atoms with van der Waals surface area (Å²) < 4.78 is 7.49. The smallest absolute Gasteiger partial charge is 0.267 e. The van der Waals surface area contributed by atoms with Gasteiger partial charge in [-0.3, -0.25) is 9.36 Å². The standard InChI is InChI=1S/C13H14IN3O2/c1-8-16-6-11(14)13(18)17(8)7-9-5-10(15)3-4-12(9)19-2/h3-6H,7,15H2,1-2H3. The summed E-state index contributed by atoms with van der Waals surface area (Å²) in [7, 11) is 1.59. The first-order valence-electron chi connectivity index (χ1n) is 5.67. The number of benzene rings is 1. The van der Waals surface area contributed by atoms with Gasteiger partial charge in [-0.2, -0.15) is 0 Å². The number of methoxy groups -OCH3 is 1. The van der Waals surface area contributed by atoms with E-state index in [0.29, 0.717) is 27.4 Å². The molecule has 19 heavy (non-hydrogen) atoms. The molecular weight excluding hydrogens is 357 g/mol. The first-order chi connectivity index (χ1) is 9.02. The average molecular weight is 371 g/mol. The Morgan fingerprint density at radius 3 is 2.89 bits per heavy atom. The van der Waals surface area contributed by atoms with E-state index in [2.05, 4.69) is 4.98 Å². The molecule has 1 aromatic carbocycles. The number of nitrogens with two attached hydrogens (primary N) is 1. The SMILES string of the molecule is COc1ccc(N)cc1Cn1c(C)ncc(I)c1=O. The third kappa shape index (κ3) is 2.89. The van der Waals surface area contributed by atoms with E-state index in [1.165, 1.54) is 0 Å². The zero-order valence-electron chi connectivity index (χ0n) is 10.7. The number of hydrogen-bond acceptors (Lipinski definition) is 4. The van der Waals surface area contributed by atoms with Crippen LogP contribution in [0.15, 0.2) is 29.2 Å². The van der Waals surface area contributed by atoms with Crippen molar-refractivity contribution in [3.8, 4) is 5.75 Å². The van der Waals surface area contributed by atoms with Crippen LogP contribution in [0.4, 0.5) is 5.69 Å². The molecular formula is C13H14IN3O2. The van der Waals surface area contributed by atoms with E-state index < -0.39 is 0 Å². The van der Waals surface area contributed by atoms with Gasteiger partial charge < -0.3 is 10.5 Å². The summed E-state index contributed by atoms with van der Waals surface area (Å²) in [6.07, 6.45) is 1.57. The lowest BCUT2D eigenvalue weighted by molar-refractivity contribution is 0.408. The number of aromatic nitrogens is 2. The number of anilines is 1. The quantitative estimate of drug-likeness (QED) is 0.660. The maximum absolute atomic E-state index is 12.1. The molecule has 0 fully saturated rings. The van der Waals surface area contributed by atoms with E-state index in [4.69, 9.17) is 10.5 Å². The van der Waals surface area contributed by atoms with Crippen molar-refractivity contribution < 1.29 is 4.74 Å². The van der Waals surface area contributed by atoms with E-state index >= 15 is 0 Å². The lowest BCUT2D eigenvalue weighted by Crippen LogP contribution is -2.26. The van der Waals surface area contributed by atoms with Crippen molar-refractivity contribution >= 4 is 28.3 Å². The number of aryl methyl sites for hydroxylation is 1. The van der Waals surface area contributed by atoms with Gasteiger partial charge >= 0.3 is 0 Å². The van der Waals surface area contributed by atoms with Gasteiger partial charge in [0.15, 0.2) is 0 Å². The molecule has 0 aliphatic rings. The third-order valence-corrected chi connectivity index (χ3v) is 3.58. The number of nitrogen functional groups attached to an aromatic ring is 1. The van der Waals surface area contributed by atoms with Crippen molar-refractivity contribution in [3.63, 3.8) is 0 Å². The second kappa shape index (κ2) is 5.60. The fourth-order valence-electron chi connectivity index (χ4n) is 1.83. The van der Waals surface area contributed by atoms with Gasteiger partial charge in [0, 0.05) is 17.4 Å². The molecule has 1 aromatic heterocycles. The van der Waals surface area contributed by atoms with E-state index in [9.17, 15) is 4.79 Å². The fourth-order valence-corrected chi connectivity index (χ4v) is 2.26. The minimum Gasteiger partial charge on any atom is -0.496 e. The molecule has 0 aliphatic carbocycles. The number of halogens is 1. The van der Waals surface area contributed by atoms with Crippen molar-refractivity contribution in [2.45, 2.75) is 13.5 Å². The molecule has 2 aromatic rings. The van der Waals surface area contributed by atoms with Crippen molar-refractivity contribution in [1.82, 2.24) is 9.55 Å². The Balaban J connectivity index is 2.50. The highest BCUT2D eigenvalue weighted by molar-refractivity contribution is 14.1. The summed E-state index contributed by atoms with van der Waals surface area (Å²) in [6.45, 7) is 2.19. The predicted molar refractivity (Wildman–Crippen MR) is 82.5 cm³/mol. The van der Waals surface area contributed by atoms with Crippen molar-refractivity contribution in [3.05, 3.63) is 49.7 Å². The van der Waals surface area contributed by atoms with Gasteiger partial charge in [0.25, 0.3) is 5.56 Å². The zero-order chi connectivity index (χ0) is 14.0. The Hall–Kier alpha value is -1.57. The highest BCUT2D eigenvalue weighted by Crippen LogP contribution is 2.21. The van der Waals surface area contributed by atoms with Crippen LogP contribution in [0.3, 0.4) is 0 Å². The maximum Gasteiger partial charge on any atom is 0.267 e. The number of nitrogens with zero attached hydrogens (tertiary/aromatic N) is 2. The normalized spacial score (nSPS) is 10.5. The summed E-state index contributed by atoms with van der Waals surface area (Å²) in [6, 6.07) is 5.38. The average Bonchev–Trinajstić information content (AvgIpc) is 2.39. The molecule has 6 heteroatoms. The van der Waals surface area contributed by atoms with Gasteiger partial charge in [-0.15, -0.1) is 0 Å². The first kappa shape index (κ1) is 13.9. The molecule has 0 radical (unpaired) electrons. The number of rotatable bonds is 3. The Labute approximate surface area is 124 Å². The Kier molecular flexibility index (Phi) is 4.08. The van der Waals surface area contributed by atoms with E-state index in [1.807, 2.05) is 28.7 Å². The monoisotopic (exact) mass is 371 g/mol. The first-order valence-corrected chi connectivity index (χ1v) is 6.75. The summed E-state index contributed by atoms with van der Waals surface area (Å²) >= 11 is 1.98. The minimum absolute atomic E-state index is 0.0578. The van der Waals surface area contributed by atoms with E-state index in [-0.39, 0.29) is 5.56 Å². The summed E-state index contributed by atoms with van der Waals surface area (Å²) in [4.78, 5) is 16.3. The molecule has 0 saturated carbocycles. The van der Waals surface area contributed by atoms with Gasteiger partial charge in [-0.05, 0) is 47.7 Å². The second-order valence-electron chi connectivity index (χ2n) is 4.12. The summed E-state index contributed by atoms with van der Waals surface area (Å²) in [5.74, 6) is 1.37. The molecule has 0 spiro atoms. The van der Waals surface area contributed by atoms with Crippen molar-refractivity contribution in [2.24, 2.45) is 0 Å². The Morgan fingerprint density at radius 2 is 2.21 bits per heavy atom. The Bertz CT molecular complexity index is 667. The Morgan fingerprint density at radius 1 is 1.47 bits per heavy atom. The molecule has 2 N–H and O–H groups in total. The fraction of sp³-hybridized carbons (Fsp3) is 0.231. The molecule has 0 amide bonds. The van der Waals surface area contributed by atoms with Gasteiger partial charge in [0.1, 0.15) is 11.6 Å². The van der Waals surface area contributed by atoms with E-state index in [0.717, 1.165) is 5.56 Å². The van der Waals surface area contributed by atoms with Crippen LogP contribution in [-0.4, -0.2) is 16.7 Å². The van der Waals surface area contributed by atoms with Gasteiger partial charge in [-0.1, -0.05) is 0 Å². The molecule has 0 saturated heterocycles. The summed E-state index contributed by atoms with van der Waals surface area (Å²) in [5, 5.41) is 0. The molecule has 5 nitrogen and oxygen atoms in total.